The van der Waals surface area contributed by atoms with E-state index in [-0.39, 0.29) is 0 Å². The highest BCUT2D eigenvalue weighted by molar-refractivity contribution is 6.11. The zero-order valence-corrected chi connectivity index (χ0v) is 49.6. The smallest absolute Gasteiger partial charge is 0.0541 e. The van der Waals surface area contributed by atoms with Gasteiger partial charge in [-0.15, -0.1) is 0 Å². The molecule has 0 atom stereocenters. The molecule has 3 heterocycles. The summed E-state index contributed by atoms with van der Waals surface area (Å²) in [5, 5.41) is 14.3. The van der Waals surface area contributed by atoms with Gasteiger partial charge in [-0.25, -0.2) is 0 Å². The third-order valence-corrected chi connectivity index (χ3v) is 18.3. The topological polar surface area (TPSA) is 29.2 Å². The Labute approximate surface area is 516 Å². The fraction of sp³-hybridized carbons (Fsp3) is 0.0357. The molecule has 0 fully saturated rings. The molecule has 17 aromatic rings. The Morgan fingerprint density at radius 2 is 0.528 bits per heavy atom. The predicted molar refractivity (Wildman–Crippen MR) is 377 cm³/mol. The number of aromatic nitrogens is 3. The lowest BCUT2D eigenvalue weighted by Crippen LogP contribution is -2.14. The highest BCUT2D eigenvalue weighted by Gasteiger charge is 2.25. The molecule has 0 unspecified atom stereocenters. The van der Waals surface area contributed by atoms with Gasteiger partial charge in [-0.3, -0.25) is 4.98 Å². The van der Waals surface area contributed by atoms with Gasteiger partial charge in [0.15, 0.2) is 0 Å². The van der Waals surface area contributed by atoms with Crippen molar-refractivity contribution in [2.75, 3.05) is 9.80 Å². The largest absolute Gasteiger partial charge is 0.310 e. The Hall–Kier alpha value is -11.5. The number of hydrogen-bond acceptors (Lipinski definition) is 3. The van der Waals surface area contributed by atoms with Crippen LogP contribution < -0.4 is 9.80 Å². The Morgan fingerprint density at radius 1 is 0.247 bits per heavy atom. The minimum atomic E-state index is 0.957. The molecule has 0 radical (unpaired) electrons. The Morgan fingerprint density at radius 3 is 0.854 bits per heavy atom. The van der Waals surface area contributed by atoms with E-state index in [2.05, 4.69) is 343 Å². The first-order valence-corrected chi connectivity index (χ1v) is 30.7. The van der Waals surface area contributed by atoms with E-state index >= 15 is 0 Å². The second-order valence-electron chi connectivity index (χ2n) is 23.7. The van der Waals surface area contributed by atoms with Gasteiger partial charge in [0.05, 0.1) is 22.1 Å². The van der Waals surface area contributed by atoms with Gasteiger partial charge in [0.25, 0.3) is 0 Å². The summed E-state index contributed by atoms with van der Waals surface area (Å²) in [4.78, 5) is 10.5. The lowest BCUT2D eigenvalue weighted by atomic mass is 9.89. The van der Waals surface area contributed by atoms with Gasteiger partial charge in [0.1, 0.15) is 0 Å². The number of fused-ring (bicyclic) bond motifs is 10. The number of para-hydroxylation sites is 4. The van der Waals surface area contributed by atoms with E-state index in [0.29, 0.717) is 0 Å². The van der Waals surface area contributed by atoms with E-state index in [1.807, 2.05) is 0 Å². The van der Waals surface area contributed by atoms with Crippen molar-refractivity contribution in [3.05, 3.63) is 320 Å². The Bertz CT molecular complexity index is 5130. The summed E-state index contributed by atoms with van der Waals surface area (Å²) in [7, 11) is 0. The lowest BCUT2D eigenvalue weighted by molar-refractivity contribution is 1.10. The average Bonchev–Trinajstić information content (AvgIpc) is 1.95. The van der Waals surface area contributed by atoms with E-state index in [9.17, 15) is 0 Å². The molecule has 5 heteroatoms. The van der Waals surface area contributed by atoms with E-state index < -0.39 is 0 Å². The maximum absolute atomic E-state index is 5.65. The fourth-order valence-corrected chi connectivity index (χ4v) is 14.4. The molecular formula is C84H59N5. The zero-order chi connectivity index (χ0) is 59.3. The summed E-state index contributed by atoms with van der Waals surface area (Å²) < 4.78 is 4.91. The maximum Gasteiger partial charge on any atom is 0.0541 e. The van der Waals surface area contributed by atoms with Crippen LogP contribution in [-0.4, -0.2) is 14.1 Å². The summed E-state index contributed by atoms with van der Waals surface area (Å²) in [5.74, 6) is 0. The van der Waals surface area contributed by atoms with Crippen molar-refractivity contribution in [2.24, 2.45) is 0 Å². The zero-order valence-electron chi connectivity index (χ0n) is 49.6. The summed E-state index contributed by atoms with van der Waals surface area (Å²) in [6, 6.07) is 112. The number of rotatable bonds is 10. The molecule has 3 aromatic heterocycles. The molecule has 0 N–H and O–H groups in total. The average molecular weight is 1140 g/mol. The summed E-state index contributed by atoms with van der Waals surface area (Å²) >= 11 is 0. The van der Waals surface area contributed by atoms with Gasteiger partial charge < -0.3 is 18.9 Å². The summed E-state index contributed by atoms with van der Waals surface area (Å²) in [6.07, 6.45) is 0. The molecular weight excluding hydrogens is 1080 g/mol. The molecule has 0 spiro atoms. The van der Waals surface area contributed by atoms with Crippen molar-refractivity contribution in [1.82, 2.24) is 14.1 Å². The third-order valence-electron chi connectivity index (χ3n) is 18.3. The van der Waals surface area contributed by atoms with Crippen LogP contribution in [0.2, 0.25) is 0 Å². The number of benzene rings is 14. The van der Waals surface area contributed by atoms with Crippen molar-refractivity contribution in [3.8, 4) is 33.6 Å². The number of hydrogen-bond donors (Lipinski definition) is 0. The van der Waals surface area contributed by atoms with Crippen LogP contribution >= 0.6 is 0 Å². The lowest BCUT2D eigenvalue weighted by Gasteiger charge is -2.31. The molecule has 0 aliphatic rings. The van der Waals surface area contributed by atoms with Crippen LogP contribution in [0.3, 0.4) is 0 Å². The van der Waals surface area contributed by atoms with Crippen molar-refractivity contribution in [3.63, 3.8) is 0 Å². The molecule has 0 amide bonds. The minimum absolute atomic E-state index is 0.957. The molecule has 17 rings (SSSR count). The van der Waals surface area contributed by atoms with E-state index in [1.165, 1.54) is 64.6 Å². The molecule has 0 aliphatic carbocycles. The Balaban J connectivity index is 0.955. The quantitative estimate of drug-likeness (QED) is 0.137. The molecule has 0 aliphatic heterocycles. The summed E-state index contributed by atoms with van der Waals surface area (Å²) in [6.45, 7) is 6.70. The first-order chi connectivity index (χ1) is 43.8. The van der Waals surface area contributed by atoms with Crippen molar-refractivity contribution < 1.29 is 0 Å². The first kappa shape index (κ1) is 51.9. The second kappa shape index (κ2) is 20.9. The van der Waals surface area contributed by atoms with E-state index in [1.54, 1.807) is 0 Å². The molecule has 420 valence electrons. The SMILES string of the molecule is Cc1nc(C)c(-c2cc(-n3c4ccccc4c4ccccc43)cc(-n3c4ccccc4c4ccccc43)c2)c(C)c1-c1cc(N(c2ccc3ccccc3c2)c2ccc3ccccc3c2)cc(N(c2ccc3ccccc3c2)c2ccc3ccccc3c2)c1. The van der Waals surface area contributed by atoms with Crippen molar-refractivity contribution in [1.29, 1.82) is 0 Å². The molecule has 14 aromatic carbocycles. The Kier molecular flexibility index (Phi) is 12.2. The number of anilines is 6. The van der Waals surface area contributed by atoms with Crippen LogP contribution in [-0.2, 0) is 0 Å². The molecule has 89 heavy (non-hydrogen) atoms. The highest BCUT2D eigenvalue weighted by Crippen LogP contribution is 2.48. The maximum atomic E-state index is 5.65. The van der Waals surface area contributed by atoms with Gasteiger partial charge >= 0.3 is 0 Å². The van der Waals surface area contributed by atoms with Crippen molar-refractivity contribution in [2.45, 2.75) is 20.8 Å². The molecule has 5 nitrogen and oxygen atoms in total. The highest BCUT2D eigenvalue weighted by atomic mass is 15.2. The normalized spacial score (nSPS) is 11.8. The third kappa shape index (κ3) is 8.72. The minimum Gasteiger partial charge on any atom is -0.310 e. The van der Waals surface area contributed by atoms with Gasteiger partial charge in [-0.1, -0.05) is 194 Å². The molecule has 0 saturated carbocycles. The standard InChI is InChI=1S/C84H59N5/c1-54-83(55(2)85-56(3)84(54)66-50-73(88-79-32-16-12-28-75(79)76-29-13-17-33-80(76)88)53-74(51-66)89-81-34-18-14-30-77(81)78-31-15-19-35-82(78)89)65-48-71(86(67-40-36-57-20-4-8-24-61(57)44-67)68-41-37-58-21-5-9-25-62(58)45-68)52-72(49-65)87(69-42-38-59-22-6-10-26-63(59)46-69)70-43-39-60-23-7-11-27-64(60)47-70/h4-53H,1-3H3. The second-order valence-corrected chi connectivity index (χ2v) is 23.7. The monoisotopic (exact) mass is 1140 g/mol. The predicted octanol–water partition coefficient (Wildman–Crippen LogP) is 23.1. The molecule has 0 bridgehead atoms. The fourth-order valence-electron chi connectivity index (χ4n) is 14.4. The van der Waals surface area contributed by atoms with Crippen LogP contribution in [0.15, 0.2) is 303 Å². The van der Waals surface area contributed by atoms with E-state index in [4.69, 9.17) is 4.98 Å². The summed E-state index contributed by atoms with van der Waals surface area (Å²) in [5.41, 5.74) is 20.4. The van der Waals surface area contributed by atoms with Gasteiger partial charge in [-0.05, 0) is 190 Å². The molecule has 0 saturated heterocycles. The first-order valence-electron chi connectivity index (χ1n) is 30.7. The van der Waals surface area contributed by atoms with Crippen LogP contribution in [0.5, 0.6) is 0 Å². The number of aryl methyl sites for hydroxylation is 2. The van der Waals surface area contributed by atoms with Crippen LogP contribution in [0, 0.1) is 20.8 Å². The van der Waals surface area contributed by atoms with E-state index in [0.717, 1.165) is 107 Å². The van der Waals surface area contributed by atoms with Crippen LogP contribution in [0.1, 0.15) is 17.0 Å². The van der Waals surface area contributed by atoms with Crippen LogP contribution in [0.25, 0.3) is 120 Å². The van der Waals surface area contributed by atoms with Gasteiger partial charge in [0, 0.05) is 89.6 Å². The van der Waals surface area contributed by atoms with Gasteiger partial charge in [0.2, 0.25) is 0 Å². The van der Waals surface area contributed by atoms with Crippen molar-refractivity contribution >= 4 is 121 Å². The van der Waals surface area contributed by atoms with Gasteiger partial charge in [-0.2, -0.15) is 0 Å². The number of pyridine rings is 1. The number of nitrogens with zero attached hydrogens (tertiary/aromatic N) is 5. The van der Waals surface area contributed by atoms with Crippen LogP contribution in [0.4, 0.5) is 34.1 Å².